The van der Waals surface area contributed by atoms with Crippen molar-refractivity contribution < 1.29 is 19.1 Å². The second-order valence-corrected chi connectivity index (χ2v) is 9.99. The lowest BCUT2D eigenvalue weighted by Crippen LogP contribution is -2.64. The van der Waals surface area contributed by atoms with E-state index in [1.807, 2.05) is 36.1 Å². The van der Waals surface area contributed by atoms with Crippen LogP contribution in [-0.4, -0.2) is 68.9 Å². The minimum absolute atomic E-state index is 0.00373. The first kappa shape index (κ1) is 23.4. The molecule has 1 aromatic heterocycles. The van der Waals surface area contributed by atoms with E-state index in [1.165, 1.54) is 6.33 Å². The average Bonchev–Trinajstić information content (AvgIpc) is 3.65. The minimum Gasteiger partial charge on any atom is -0.497 e. The molecule has 1 saturated heterocycles. The number of amides is 3. The van der Waals surface area contributed by atoms with Gasteiger partial charge in [-0.3, -0.25) is 14.4 Å². The maximum atomic E-state index is 13.8. The molecule has 3 amide bonds. The molecule has 2 fully saturated rings. The van der Waals surface area contributed by atoms with Gasteiger partial charge in [-0.1, -0.05) is 25.0 Å². The van der Waals surface area contributed by atoms with Crippen LogP contribution in [0.4, 0.5) is 0 Å². The molecule has 1 aromatic carbocycles. The summed E-state index contributed by atoms with van der Waals surface area (Å²) in [6.07, 6.45) is 7.42. The summed E-state index contributed by atoms with van der Waals surface area (Å²) in [5.41, 5.74) is 0.396. The van der Waals surface area contributed by atoms with E-state index < -0.39 is 5.54 Å². The Hall–Kier alpha value is -3.36. The lowest BCUT2D eigenvalue weighted by molar-refractivity contribution is -0.133. The van der Waals surface area contributed by atoms with Crippen molar-refractivity contribution >= 4 is 17.7 Å². The Morgan fingerprint density at radius 1 is 1.11 bits per heavy atom. The molecule has 1 atom stereocenters. The van der Waals surface area contributed by atoms with E-state index in [1.54, 1.807) is 16.6 Å². The van der Waals surface area contributed by atoms with E-state index in [4.69, 9.17) is 4.74 Å². The van der Waals surface area contributed by atoms with Gasteiger partial charge in [0.15, 0.2) is 5.69 Å². The fourth-order valence-corrected chi connectivity index (χ4v) is 5.25. The monoisotopic (exact) mass is 479 g/mol. The van der Waals surface area contributed by atoms with Crippen molar-refractivity contribution in [2.75, 3.05) is 20.2 Å². The van der Waals surface area contributed by atoms with Gasteiger partial charge in [-0.05, 0) is 50.3 Å². The highest BCUT2D eigenvalue weighted by atomic mass is 16.5. The average molecular weight is 480 g/mol. The van der Waals surface area contributed by atoms with Crippen molar-refractivity contribution in [2.24, 2.45) is 0 Å². The number of fused-ring (bicyclic) bond motifs is 1. The summed E-state index contributed by atoms with van der Waals surface area (Å²) >= 11 is 0. The lowest BCUT2D eigenvalue weighted by Gasteiger charge is -2.44. The van der Waals surface area contributed by atoms with Crippen molar-refractivity contribution in [1.29, 1.82) is 0 Å². The number of nitrogens with zero attached hydrogens (tertiary/aromatic N) is 4. The Kier molecular flexibility index (Phi) is 6.25. The highest BCUT2D eigenvalue weighted by molar-refractivity contribution is 6.07. The van der Waals surface area contributed by atoms with Crippen molar-refractivity contribution in [3.63, 3.8) is 0 Å². The SMILES string of the molecule is COc1ccc(CNC(=O)[C@]2(C)Cn3cnc(C(=O)N4CCCCCC4)c3C(=O)N2C2CC2)cc1. The van der Waals surface area contributed by atoms with E-state index in [-0.39, 0.29) is 36.0 Å². The van der Waals surface area contributed by atoms with Crippen LogP contribution in [0.3, 0.4) is 0 Å². The van der Waals surface area contributed by atoms with Gasteiger partial charge in [-0.2, -0.15) is 0 Å². The molecule has 0 spiro atoms. The Labute approximate surface area is 205 Å². The predicted octanol–water partition coefficient (Wildman–Crippen LogP) is 2.60. The van der Waals surface area contributed by atoms with Gasteiger partial charge in [0.05, 0.1) is 20.0 Å². The van der Waals surface area contributed by atoms with Crippen LogP contribution in [0.25, 0.3) is 0 Å². The molecule has 3 heterocycles. The number of aromatic nitrogens is 2. The normalized spacial score (nSPS) is 22.4. The van der Waals surface area contributed by atoms with Crippen LogP contribution in [0, 0.1) is 0 Å². The van der Waals surface area contributed by atoms with Gasteiger partial charge < -0.3 is 24.4 Å². The molecule has 9 heteroatoms. The first-order valence-corrected chi connectivity index (χ1v) is 12.5. The third-order valence-electron chi connectivity index (χ3n) is 7.38. The zero-order valence-corrected chi connectivity index (χ0v) is 20.5. The zero-order valence-electron chi connectivity index (χ0n) is 20.5. The summed E-state index contributed by atoms with van der Waals surface area (Å²) in [5, 5.41) is 3.02. The van der Waals surface area contributed by atoms with Gasteiger partial charge in [0.25, 0.3) is 11.8 Å². The number of likely N-dealkylation sites (tertiary alicyclic amines) is 1. The first-order valence-electron chi connectivity index (χ1n) is 12.5. The molecule has 0 bridgehead atoms. The molecule has 3 aliphatic rings. The Balaban J connectivity index is 1.38. The highest BCUT2D eigenvalue weighted by Gasteiger charge is 2.53. The van der Waals surface area contributed by atoms with Crippen LogP contribution >= 0.6 is 0 Å². The largest absolute Gasteiger partial charge is 0.497 e. The summed E-state index contributed by atoms with van der Waals surface area (Å²) < 4.78 is 6.89. The van der Waals surface area contributed by atoms with Gasteiger partial charge >= 0.3 is 0 Å². The molecule has 9 nitrogen and oxygen atoms in total. The third kappa shape index (κ3) is 4.39. The minimum atomic E-state index is -1.07. The molecule has 1 N–H and O–H groups in total. The quantitative estimate of drug-likeness (QED) is 0.687. The zero-order chi connectivity index (χ0) is 24.6. The molecule has 1 saturated carbocycles. The van der Waals surface area contributed by atoms with Gasteiger partial charge in [-0.15, -0.1) is 0 Å². The Morgan fingerprint density at radius 2 is 1.80 bits per heavy atom. The van der Waals surface area contributed by atoms with Crippen LogP contribution in [0.1, 0.15) is 72.0 Å². The smallest absolute Gasteiger partial charge is 0.274 e. The number of methoxy groups -OCH3 is 1. The van der Waals surface area contributed by atoms with Crippen molar-refractivity contribution in [2.45, 2.75) is 70.1 Å². The molecule has 5 rings (SSSR count). The molecule has 2 aliphatic heterocycles. The maximum absolute atomic E-state index is 13.8. The van der Waals surface area contributed by atoms with Crippen LogP contribution in [0.5, 0.6) is 5.75 Å². The predicted molar refractivity (Wildman–Crippen MR) is 129 cm³/mol. The van der Waals surface area contributed by atoms with E-state index in [2.05, 4.69) is 10.3 Å². The number of hydrogen-bond acceptors (Lipinski definition) is 5. The van der Waals surface area contributed by atoms with Gasteiger partial charge in [0, 0.05) is 25.7 Å². The molecule has 0 unspecified atom stereocenters. The van der Waals surface area contributed by atoms with Gasteiger partial charge in [0.1, 0.15) is 17.0 Å². The summed E-state index contributed by atoms with van der Waals surface area (Å²) in [6.45, 7) is 3.81. The summed E-state index contributed by atoms with van der Waals surface area (Å²) in [6, 6.07) is 7.51. The van der Waals surface area contributed by atoms with Crippen molar-refractivity contribution in [3.8, 4) is 5.75 Å². The molecule has 1 aliphatic carbocycles. The van der Waals surface area contributed by atoms with E-state index >= 15 is 0 Å². The third-order valence-corrected chi connectivity index (χ3v) is 7.38. The van der Waals surface area contributed by atoms with Crippen LogP contribution in [0.2, 0.25) is 0 Å². The van der Waals surface area contributed by atoms with Crippen LogP contribution < -0.4 is 10.1 Å². The molecular formula is C26H33N5O4. The molecular weight excluding hydrogens is 446 g/mol. The van der Waals surface area contributed by atoms with Crippen molar-refractivity contribution in [1.82, 2.24) is 24.7 Å². The summed E-state index contributed by atoms with van der Waals surface area (Å²) in [4.78, 5) is 48.5. The van der Waals surface area contributed by atoms with Crippen molar-refractivity contribution in [3.05, 3.63) is 47.5 Å². The first-order chi connectivity index (χ1) is 16.9. The highest BCUT2D eigenvalue weighted by Crippen LogP contribution is 2.39. The number of imidazole rings is 1. The molecule has 186 valence electrons. The van der Waals surface area contributed by atoms with E-state index in [9.17, 15) is 14.4 Å². The number of ether oxygens (including phenoxy) is 1. The number of carbonyl (C=O) groups is 3. The fourth-order valence-electron chi connectivity index (χ4n) is 5.25. The Bertz CT molecular complexity index is 1120. The number of carbonyl (C=O) groups excluding carboxylic acids is 3. The number of nitrogens with one attached hydrogen (secondary N) is 1. The van der Waals surface area contributed by atoms with Gasteiger partial charge in [-0.25, -0.2) is 4.98 Å². The second-order valence-electron chi connectivity index (χ2n) is 9.99. The number of rotatable bonds is 6. The standard InChI is InChI=1S/C26H33N5O4/c1-26(25(34)27-15-18-7-11-20(35-2)12-8-18)16-30-17-28-21(22(30)24(33)31(26)19-9-10-19)23(32)29-13-5-3-4-6-14-29/h7-8,11-12,17,19H,3-6,9-10,13-16H2,1-2H3,(H,27,34)/t26-/m0/s1. The number of hydrogen-bond donors (Lipinski definition) is 1. The Morgan fingerprint density at radius 3 is 2.43 bits per heavy atom. The topological polar surface area (TPSA) is 96.8 Å². The van der Waals surface area contributed by atoms with Crippen LogP contribution in [-0.2, 0) is 17.9 Å². The maximum Gasteiger partial charge on any atom is 0.274 e. The fraction of sp³-hybridized carbons (Fsp3) is 0.538. The molecule has 2 aromatic rings. The lowest BCUT2D eigenvalue weighted by atomic mass is 9.93. The van der Waals surface area contributed by atoms with Crippen LogP contribution in [0.15, 0.2) is 30.6 Å². The van der Waals surface area contributed by atoms with E-state index in [0.717, 1.165) is 49.8 Å². The second kappa shape index (κ2) is 9.36. The van der Waals surface area contributed by atoms with E-state index in [0.29, 0.717) is 25.3 Å². The summed E-state index contributed by atoms with van der Waals surface area (Å²) in [5.74, 6) is 0.0742. The molecule has 0 radical (unpaired) electrons. The van der Waals surface area contributed by atoms with Gasteiger partial charge in [0.2, 0.25) is 5.91 Å². The number of benzene rings is 1. The molecule has 35 heavy (non-hydrogen) atoms. The summed E-state index contributed by atoms with van der Waals surface area (Å²) in [7, 11) is 1.61.